The lowest BCUT2D eigenvalue weighted by molar-refractivity contribution is 0.960. The topological polar surface area (TPSA) is 26.0 Å². The van der Waals surface area contributed by atoms with Gasteiger partial charge in [0.05, 0.1) is 0 Å². The van der Waals surface area contributed by atoms with E-state index in [1.807, 2.05) is 18.2 Å². The number of benzene rings is 1. The smallest absolute Gasteiger partial charge is 0.0349 e. The first-order valence-electron chi connectivity index (χ1n) is 5.29. The highest BCUT2D eigenvalue weighted by Crippen LogP contribution is 2.14. The van der Waals surface area contributed by atoms with Crippen molar-refractivity contribution in [2.75, 3.05) is 5.73 Å². The molecule has 14 heavy (non-hydrogen) atoms. The molecular formula is C13H19N. The van der Waals surface area contributed by atoms with Gasteiger partial charge in [-0.3, -0.25) is 0 Å². The lowest BCUT2D eigenvalue weighted by atomic mass is 10.0. The maximum Gasteiger partial charge on any atom is 0.0349 e. The summed E-state index contributed by atoms with van der Waals surface area (Å²) in [7, 11) is 0. The lowest BCUT2D eigenvalue weighted by Crippen LogP contribution is -1.92. The van der Waals surface area contributed by atoms with Crippen LogP contribution in [0.5, 0.6) is 0 Å². The molecule has 0 heterocycles. The van der Waals surface area contributed by atoms with Crippen molar-refractivity contribution in [3.63, 3.8) is 0 Å². The number of para-hydroxylation sites is 1. The van der Waals surface area contributed by atoms with Gasteiger partial charge in [-0.2, -0.15) is 0 Å². The van der Waals surface area contributed by atoms with Crippen LogP contribution >= 0.6 is 0 Å². The van der Waals surface area contributed by atoms with E-state index in [0.717, 1.165) is 24.9 Å². The fraction of sp³-hybridized carbons (Fsp3) is 0.385. The predicted octanol–water partition coefficient (Wildman–Crippen LogP) is 3.56. The van der Waals surface area contributed by atoms with E-state index in [4.69, 9.17) is 5.73 Å². The largest absolute Gasteiger partial charge is 0.398 e. The number of hydrogen-bond acceptors (Lipinski definition) is 1. The maximum absolute atomic E-state index is 5.86. The number of hydrogen-bond donors (Lipinski definition) is 1. The third kappa shape index (κ3) is 2.91. The summed E-state index contributed by atoms with van der Waals surface area (Å²) in [6, 6.07) is 8.07. The van der Waals surface area contributed by atoms with E-state index >= 15 is 0 Å². The molecule has 1 nitrogen and oxygen atoms in total. The first kappa shape index (κ1) is 10.8. The van der Waals surface area contributed by atoms with E-state index in [-0.39, 0.29) is 0 Å². The van der Waals surface area contributed by atoms with Crippen LogP contribution in [0.2, 0.25) is 0 Å². The van der Waals surface area contributed by atoms with Crippen molar-refractivity contribution in [2.45, 2.75) is 33.1 Å². The fourth-order valence-electron chi connectivity index (χ4n) is 1.51. The fourth-order valence-corrected chi connectivity index (χ4v) is 1.51. The zero-order chi connectivity index (χ0) is 10.4. The average Bonchev–Trinajstić information content (AvgIpc) is 2.22. The molecule has 0 atom stereocenters. The molecule has 0 fully saturated rings. The van der Waals surface area contributed by atoms with Gasteiger partial charge in [-0.1, -0.05) is 43.7 Å². The molecule has 0 radical (unpaired) electrons. The van der Waals surface area contributed by atoms with Crippen LogP contribution in [0.3, 0.4) is 0 Å². The van der Waals surface area contributed by atoms with E-state index in [2.05, 4.69) is 26.0 Å². The predicted molar refractivity (Wildman–Crippen MR) is 63.2 cm³/mol. The quantitative estimate of drug-likeness (QED) is 0.569. The van der Waals surface area contributed by atoms with Gasteiger partial charge in [0.15, 0.2) is 0 Å². The van der Waals surface area contributed by atoms with Crippen LogP contribution in [0.1, 0.15) is 32.3 Å². The molecular weight excluding hydrogens is 170 g/mol. The zero-order valence-corrected chi connectivity index (χ0v) is 9.09. The van der Waals surface area contributed by atoms with Gasteiger partial charge >= 0.3 is 0 Å². The van der Waals surface area contributed by atoms with Crippen LogP contribution in [-0.2, 0) is 6.42 Å². The highest BCUT2D eigenvalue weighted by atomic mass is 14.5. The Morgan fingerprint density at radius 2 is 1.86 bits per heavy atom. The van der Waals surface area contributed by atoms with Gasteiger partial charge in [0.1, 0.15) is 0 Å². The molecule has 0 bridgehead atoms. The van der Waals surface area contributed by atoms with Crippen molar-refractivity contribution in [1.29, 1.82) is 0 Å². The van der Waals surface area contributed by atoms with Crippen molar-refractivity contribution in [1.82, 2.24) is 0 Å². The molecule has 1 aromatic rings. The number of nitrogen functional groups attached to an aromatic ring is 1. The maximum atomic E-state index is 5.86. The summed E-state index contributed by atoms with van der Waals surface area (Å²) in [6.45, 7) is 4.40. The highest BCUT2D eigenvalue weighted by molar-refractivity contribution is 5.47. The first-order valence-corrected chi connectivity index (χ1v) is 5.29. The molecule has 0 unspecified atom stereocenters. The standard InChI is InChI=1S/C13H19N/c1-3-11(4-2)9-10-12-7-5-6-8-13(12)14/h5-9H,3-4,10,14H2,1-2H3. The molecule has 0 saturated heterocycles. The lowest BCUT2D eigenvalue weighted by Gasteiger charge is -2.03. The third-order valence-electron chi connectivity index (χ3n) is 2.57. The van der Waals surface area contributed by atoms with Crippen molar-refractivity contribution >= 4 is 5.69 Å². The second kappa shape index (κ2) is 5.48. The second-order valence-corrected chi connectivity index (χ2v) is 3.47. The summed E-state index contributed by atoms with van der Waals surface area (Å²) in [5.74, 6) is 0. The normalized spacial score (nSPS) is 9.86. The van der Waals surface area contributed by atoms with Gasteiger partial charge < -0.3 is 5.73 Å². The van der Waals surface area contributed by atoms with Crippen LogP contribution in [-0.4, -0.2) is 0 Å². The Hall–Kier alpha value is -1.24. The van der Waals surface area contributed by atoms with Gasteiger partial charge in [-0.25, -0.2) is 0 Å². The molecule has 2 N–H and O–H groups in total. The zero-order valence-electron chi connectivity index (χ0n) is 9.09. The van der Waals surface area contributed by atoms with Crippen LogP contribution < -0.4 is 5.73 Å². The Balaban J connectivity index is 2.70. The van der Waals surface area contributed by atoms with Crippen molar-refractivity contribution in [2.24, 2.45) is 0 Å². The molecule has 0 spiro atoms. The highest BCUT2D eigenvalue weighted by Gasteiger charge is 1.95. The van der Waals surface area contributed by atoms with Gasteiger partial charge in [0.25, 0.3) is 0 Å². The molecule has 1 rings (SSSR count). The Labute approximate surface area is 86.6 Å². The molecule has 1 aromatic carbocycles. The van der Waals surface area contributed by atoms with Gasteiger partial charge in [-0.05, 0) is 30.9 Å². The summed E-state index contributed by atoms with van der Waals surface area (Å²) in [5.41, 5.74) is 9.50. The average molecular weight is 189 g/mol. The summed E-state index contributed by atoms with van der Waals surface area (Å²) < 4.78 is 0. The van der Waals surface area contributed by atoms with Gasteiger partial charge in [0, 0.05) is 5.69 Å². The van der Waals surface area contributed by atoms with Crippen LogP contribution in [0.25, 0.3) is 0 Å². The third-order valence-corrected chi connectivity index (χ3v) is 2.57. The minimum absolute atomic E-state index is 0.898. The van der Waals surface area contributed by atoms with Crippen LogP contribution in [0.15, 0.2) is 35.9 Å². The van der Waals surface area contributed by atoms with E-state index in [1.165, 1.54) is 11.1 Å². The molecule has 0 saturated carbocycles. The minimum atomic E-state index is 0.898. The summed E-state index contributed by atoms with van der Waals surface area (Å²) >= 11 is 0. The minimum Gasteiger partial charge on any atom is -0.398 e. The molecule has 0 aliphatic carbocycles. The van der Waals surface area contributed by atoms with E-state index < -0.39 is 0 Å². The monoisotopic (exact) mass is 189 g/mol. The van der Waals surface area contributed by atoms with Crippen LogP contribution in [0, 0.1) is 0 Å². The van der Waals surface area contributed by atoms with E-state index in [9.17, 15) is 0 Å². The van der Waals surface area contributed by atoms with E-state index in [0.29, 0.717) is 0 Å². The molecule has 0 amide bonds. The first-order chi connectivity index (χ1) is 6.77. The number of rotatable bonds is 4. The van der Waals surface area contributed by atoms with E-state index in [1.54, 1.807) is 0 Å². The van der Waals surface area contributed by atoms with Gasteiger partial charge in [0.2, 0.25) is 0 Å². The Morgan fingerprint density at radius 1 is 1.21 bits per heavy atom. The second-order valence-electron chi connectivity index (χ2n) is 3.47. The summed E-state index contributed by atoms with van der Waals surface area (Å²) in [5, 5.41) is 0. The van der Waals surface area contributed by atoms with Gasteiger partial charge in [-0.15, -0.1) is 0 Å². The molecule has 76 valence electrons. The summed E-state index contributed by atoms with van der Waals surface area (Å²) in [6.07, 6.45) is 5.54. The molecule has 0 aliphatic heterocycles. The van der Waals surface area contributed by atoms with Crippen molar-refractivity contribution in [3.8, 4) is 0 Å². The van der Waals surface area contributed by atoms with Crippen LogP contribution in [0.4, 0.5) is 5.69 Å². The Morgan fingerprint density at radius 3 is 2.43 bits per heavy atom. The number of anilines is 1. The molecule has 0 aromatic heterocycles. The SMILES string of the molecule is CCC(=CCc1ccccc1N)CC. The molecule has 0 aliphatic rings. The Bertz CT molecular complexity index is 307. The Kier molecular flexibility index (Phi) is 4.24. The number of allylic oxidation sites excluding steroid dienone is 2. The van der Waals surface area contributed by atoms with Crippen molar-refractivity contribution < 1.29 is 0 Å². The summed E-state index contributed by atoms with van der Waals surface area (Å²) in [4.78, 5) is 0. The molecule has 1 heteroatoms. The number of nitrogens with two attached hydrogens (primary N) is 1. The van der Waals surface area contributed by atoms with Crippen molar-refractivity contribution in [3.05, 3.63) is 41.5 Å².